The lowest BCUT2D eigenvalue weighted by Gasteiger charge is -2.63. The van der Waals surface area contributed by atoms with Gasteiger partial charge in [0.05, 0.1) is 38.7 Å². The summed E-state index contributed by atoms with van der Waals surface area (Å²) < 4.78 is 23.7. The summed E-state index contributed by atoms with van der Waals surface area (Å²) in [7, 11) is 4.09. The number of aliphatic hydroxyl groups is 2. The second-order valence-corrected chi connectivity index (χ2v) is 18.1. The predicted octanol–water partition coefficient (Wildman–Crippen LogP) is 3.52. The van der Waals surface area contributed by atoms with Crippen molar-refractivity contribution in [2.45, 2.75) is 99.5 Å². The molecule has 60 heavy (non-hydrogen) atoms. The van der Waals surface area contributed by atoms with Crippen molar-refractivity contribution in [1.29, 1.82) is 0 Å². The number of piperidine rings is 1. The van der Waals surface area contributed by atoms with Crippen LogP contribution in [0.1, 0.15) is 75.3 Å². The third-order valence-electron chi connectivity index (χ3n) is 15.5. The summed E-state index contributed by atoms with van der Waals surface area (Å²) in [6, 6.07) is 9.97. The number of hydrogen-bond donors (Lipinski definition) is 3. The fourth-order valence-corrected chi connectivity index (χ4v) is 13.4. The van der Waals surface area contributed by atoms with Gasteiger partial charge in [-0.25, -0.2) is 4.79 Å². The molecule has 10 atom stereocenters. The van der Waals surface area contributed by atoms with Gasteiger partial charge in [0.25, 0.3) is 0 Å². The van der Waals surface area contributed by atoms with E-state index in [1.54, 1.807) is 6.07 Å². The number of hydrogen-bond acceptors (Lipinski definition) is 12. The molecule has 6 aliphatic rings. The Morgan fingerprint density at radius 1 is 0.967 bits per heavy atom. The first kappa shape index (κ1) is 40.6. The van der Waals surface area contributed by atoms with Crippen LogP contribution in [0.15, 0.2) is 48.6 Å². The van der Waals surface area contributed by atoms with Crippen LogP contribution in [0.25, 0.3) is 10.9 Å². The number of H-pyrrole nitrogens is 1. The zero-order valence-electron chi connectivity index (χ0n) is 35.3. The van der Waals surface area contributed by atoms with Crippen LogP contribution in [-0.4, -0.2) is 133 Å². The van der Waals surface area contributed by atoms with Gasteiger partial charge in [-0.05, 0) is 74.2 Å². The molecule has 14 nitrogen and oxygen atoms in total. The van der Waals surface area contributed by atoms with Gasteiger partial charge in [-0.15, -0.1) is 0 Å². The number of rotatable bonds is 8. The lowest BCUT2D eigenvalue weighted by Crippen LogP contribution is -2.81. The van der Waals surface area contributed by atoms with Gasteiger partial charge in [0.1, 0.15) is 11.2 Å². The van der Waals surface area contributed by atoms with E-state index in [9.17, 15) is 24.6 Å². The molecule has 2 saturated heterocycles. The zero-order valence-corrected chi connectivity index (χ0v) is 35.3. The number of carbonyl (C=O) groups excluding carboxylic acids is 4. The van der Waals surface area contributed by atoms with Crippen LogP contribution in [0.3, 0.4) is 0 Å². The molecular weight excluding hydrogens is 769 g/mol. The summed E-state index contributed by atoms with van der Waals surface area (Å²) in [6.45, 7) is 8.16. The van der Waals surface area contributed by atoms with E-state index < -0.39 is 63.5 Å². The van der Waals surface area contributed by atoms with Crippen molar-refractivity contribution in [1.82, 2.24) is 14.8 Å². The van der Waals surface area contributed by atoms with E-state index in [4.69, 9.17) is 18.9 Å². The molecule has 3 aromatic rings. The highest BCUT2D eigenvalue weighted by molar-refractivity contribution is 5.96. The Bertz CT molecular complexity index is 2310. The number of esters is 3. The lowest BCUT2D eigenvalue weighted by atomic mass is 9.47. The number of nitrogens with zero attached hydrogens (tertiary/aromatic N) is 3. The molecule has 9 rings (SSSR count). The highest BCUT2D eigenvalue weighted by atomic mass is 16.6. The summed E-state index contributed by atoms with van der Waals surface area (Å²) in [5.41, 5.74) is -3.15. The molecule has 6 heterocycles. The van der Waals surface area contributed by atoms with E-state index in [1.807, 2.05) is 50.3 Å². The van der Waals surface area contributed by atoms with E-state index in [0.29, 0.717) is 99.5 Å². The number of fused-ring (bicyclic) bond motifs is 6. The molecule has 3 fully saturated rings. The van der Waals surface area contributed by atoms with Crippen LogP contribution in [0, 0.1) is 11.3 Å². The summed E-state index contributed by atoms with van der Waals surface area (Å²) >= 11 is 0. The van der Waals surface area contributed by atoms with Gasteiger partial charge in [0.15, 0.2) is 6.10 Å². The van der Waals surface area contributed by atoms with Crippen LogP contribution in [0.5, 0.6) is 5.75 Å². The number of anilines is 1. The van der Waals surface area contributed by atoms with Crippen molar-refractivity contribution in [2.24, 2.45) is 11.3 Å². The van der Waals surface area contributed by atoms with Gasteiger partial charge in [-0.1, -0.05) is 44.2 Å². The Kier molecular flexibility index (Phi) is 9.58. The van der Waals surface area contributed by atoms with Crippen LogP contribution < -0.4 is 9.64 Å². The molecule has 1 unspecified atom stereocenters. The van der Waals surface area contributed by atoms with Crippen molar-refractivity contribution in [2.75, 3.05) is 59.0 Å². The third-order valence-corrected chi connectivity index (χ3v) is 15.5. The summed E-state index contributed by atoms with van der Waals surface area (Å²) in [5, 5.41) is 26.3. The lowest BCUT2D eigenvalue weighted by molar-refractivity contribution is -0.228. The Labute approximate surface area is 349 Å². The predicted molar refractivity (Wildman–Crippen MR) is 221 cm³/mol. The van der Waals surface area contributed by atoms with E-state index in [0.717, 1.165) is 16.5 Å². The number of benzene rings is 2. The number of carbonyl (C=O) groups is 4. The fraction of sp³-hybridized carbons (Fsp3) is 0.565. The van der Waals surface area contributed by atoms with Crippen molar-refractivity contribution < 1.29 is 48.3 Å². The first-order valence-corrected chi connectivity index (χ1v) is 21.3. The van der Waals surface area contributed by atoms with E-state index in [-0.39, 0.29) is 12.3 Å². The maximum absolute atomic E-state index is 15.3. The van der Waals surface area contributed by atoms with Crippen LogP contribution >= 0.6 is 0 Å². The molecular formula is C46H56N4O10. The number of ether oxygens (including phenoxy) is 4. The number of aromatic amines is 1. The van der Waals surface area contributed by atoms with Gasteiger partial charge in [-0.2, -0.15) is 0 Å². The van der Waals surface area contributed by atoms with Gasteiger partial charge >= 0.3 is 17.9 Å². The third kappa shape index (κ3) is 5.19. The summed E-state index contributed by atoms with van der Waals surface area (Å²) in [6.07, 6.45) is 5.83. The fourth-order valence-electron chi connectivity index (χ4n) is 13.4. The number of methoxy groups -OCH3 is 3. The molecule has 1 aromatic heterocycles. The largest absolute Gasteiger partial charge is 0.496 e. The molecule has 320 valence electrons. The maximum Gasteiger partial charge on any atom is 0.344 e. The summed E-state index contributed by atoms with van der Waals surface area (Å²) in [5.74, 6) is -2.06. The molecule has 2 aromatic carbocycles. The molecule has 1 saturated carbocycles. The number of amides is 1. The SMILES string of the molecule is CC[C@]1(O)C[C@@H]2CN(CCc3c([nH]c4ccccc34)[C@@](C(=O)OC)(c3cc4c(cc3OC)N(C=O)[C@@H]3[C@@](O)(C(=O)OC)[C@H](OC(C)=O)[C@]5(CC)C=CCN6CC[C@]43[C@@H]65)C2)C1. The molecule has 1 aliphatic carbocycles. The number of nitrogens with one attached hydrogen (secondary N) is 1. The van der Waals surface area contributed by atoms with Crippen molar-refractivity contribution in [3.8, 4) is 5.75 Å². The van der Waals surface area contributed by atoms with Crippen LogP contribution in [-0.2, 0) is 50.6 Å². The molecule has 1 amide bonds. The van der Waals surface area contributed by atoms with E-state index in [2.05, 4.69) is 20.9 Å². The van der Waals surface area contributed by atoms with E-state index >= 15 is 4.79 Å². The average molecular weight is 825 g/mol. The minimum Gasteiger partial charge on any atom is -0.496 e. The summed E-state index contributed by atoms with van der Waals surface area (Å²) in [4.78, 5) is 66.1. The second kappa shape index (κ2) is 14.1. The van der Waals surface area contributed by atoms with Crippen molar-refractivity contribution in [3.05, 3.63) is 70.9 Å². The van der Waals surface area contributed by atoms with Crippen molar-refractivity contribution in [3.63, 3.8) is 0 Å². The Hall–Kier alpha value is -4.76. The second-order valence-electron chi connectivity index (χ2n) is 18.1. The first-order valence-electron chi connectivity index (χ1n) is 21.3. The topological polar surface area (TPSA) is 171 Å². The maximum atomic E-state index is 15.3. The van der Waals surface area contributed by atoms with Gasteiger partial charge < -0.3 is 39.0 Å². The Morgan fingerprint density at radius 2 is 1.73 bits per heavy atom. The molecule has 5 aliphatic heterocycles. The van der Waals surface area contributed by atoms with Gasteiger partial charge in [0.2, 0.25) is 12.0 Å². The molecule has 0 radical (unpaired) electrons. The van der Waals surface area contributed by atoms with Crippen LogP contribution in [0.2, 0.25) is 0 Å². The molecule has 3 N–H and O–H groups in total. The quantitative estimate of drug-likeness (QED) is 0.131. The minimum atomic E-state index is -2.53. The molecule has 14 heteroatoms. The molecule has 2 bridgehead atoms. The van der Waals surface area contributed by atoms with Crippen molar-refractivity contribution >= 4 is 40.9 Å². The molecule has 1 spiro atoms. The monoisotopic (exact) mass is 824 g/mol. The smallest absolute Gasteiger partial charge is 0.344 e. The van der Waals surface area contributed by atoms with Gasteiger partial charge in [0, 0.05) is 78.2 Å². The van der Waals surface area contributed by atoms with Crippen LogP contribution in [0.4, 0.5) is 5.69 Å². The first-order chi connectivity index (χ1) is 28.8. The standard InChI is InChI=1S/C46H56N4O10/c1-7-42(55)22-28-23-45(40(53)58-5,36-30(14-18-48(24-28)25-42)29-12-9-10-13-33(29)47-36)32-20-31-34(21-35(32)57-4)50(26-51)38-44(31)16-19-49-17-11-15-43(8-2,37(44)49)39(60-27(3)52)46(38,56)41(54)59-6/h9-13,15,20-21,26,28,37-39,47,55-56H,7-8,14,16-19,22-25H2,1-6H3/t28-,37-,38-,39+,42-,43+,44+,45-,46-/m0/s1. The minimum absolute atomic E-state index is 0.155. The number of aromatic nitrogens is 1. The van der Waals surface area contributed by atoms with E-state index in [1.165, 1.54) is 33.2 Å². The Balaban J connectivity index is 1.38. The average Bonchev–Trinajstić information content (AvgIpc) is 3.92. The Morgan fingerprint density at radius 3 is 2.42 bits per heavy atom. The number of para-hydroxylation sites is 1. The normalized spacial score (nSPS) is 36.5. The zero-order chi connectivity index (χ0) is 42.6. The highest BCUT2D eigenvalue weighted by Crippen LogP contribution is 2.68. The highest BCUT2D eigenvalue weighted by Gasteiger charge is 2.81. The van der Waals surface area contributed by atoms with Gasteiger partial charge in [-0.3, -0.25) is 24.2 Å².